The number of hydrogen-bond donors (Lipinski definition) is 1. The van der Waals surface area contributed by atoms with Gasteiger partial charge in [0.05, 0.1) is 5.69 Å². The van der Waals surface area contributed by atoms with Crippen molar-refractivity contribution in [1.82, 2.24) is 15.0 Å². The molecule has 1 N–H and O–H groups in total. The minimum Gasteiger partial charge on any atom is -0.459 e. The largest absolute Gasteiger partial charge is 0.459 e. The van der Waals surface area contributed by atoms with Gasteiger partial charge in [-0.2, -0.15) is 0 Å². The van der Waals surface area contributed by atoms with E-state index < -0.39 is 5.60 Å². The van der Waals surface area contributed by atoms with Crippen molar-refractivity contribution >= 4 is 5.97 Å². The minimum absolute atomic E-state index is 0.0190. The fraction of sp³-hybridized carbons (Fsp3) is 0.700. The van der Waals surface area contributed by atoms with Crippen LogP contribution in [0.3, 0.4) is 0 Å². The number of ether oxygens (including phenoxy) is 1. The molecular formula is C10H17N3O3. The second-order valence-electron chi connectivity index (χ2n) is 4.47. The standard InChI is InChI=1S/C10H17N3O3/c1-10(2,3)16-9(15)7-13-6-8(4-5-14)11-12-13/h6,14H,4-5,7H2,1-3H3. The molecule has 6 heteroatoms. The maximum absolute atomic E-state index is 11.4. The lowest BCUT2D eigenvalue weighted by molar-refractivity contribution is -0.155. The van der Waals surface area contributed by atoms with Crippen molar-refractivity contribution in [2.24, 2.45) is 0 Å². The summed E-state index contributed by atoms with van der Waals surface area (Å²) in [6, 6.07) is 0. The Hall–Kier alpha value is -1.43. The third-order valence-corrected chi connectivity index (χ3v) is 1.67. The summed E-state index contributed by atoms with van der Waals surface area (Å²) in [5.41, 5.74) is 0.164. The quantitative estimate of drug-likeness (QED) is 0.741. The number of carbonyl (C=O) groups is 1. The van der Waals surface area contributed by atoms with Crippen LogP contribution >= 0.6 is 0 Å². The van der Waals surface area contributed by atoms with Gasteiger partial charge in [0.15, 0.2) is 0 Å². The number of rotatable bonds is 4. The SMILES string of the molecule is CC(C)(C)OC(=O)Cn1cc(CCO)nn1. The monoisotopic (exact) mass is 227 g/mol. The van der Waals surface area contributed by atoms with E-state index in [1.54, 1.807) is 6.20 Å². The first kappa shape index (κ1) is 12.6. The molecule has 90 valence electrons. The average Bonchev–Trinajstić information content (AvgIpc) is 2.49. The average molecular weight is 227 g/mol. The highest BCUT2D eigenvalue weighted by Gasteiger charge is 2.16. The zero-order valence-electron chi connectivity index (χ0n) is 9.80. The second kappa shape index (κ2) is 5.07. The third-order valence-electron chi connectivity index (χ3n) is 1.67. The van der Waals surface area contributed by atoms with Crippen LogP contribution in [0.15, 0.2) is 6.20 Å². The van der Waals surface area contributed by atoms with Crippen molar-refractivity contribution in [1.29, 1.82) is 0 Å². The first-order valence-corrected chi connectivity index (χ1v) is 5.12. The molecule has 0 fully saturated rings. The smallest absolute Gasteiger partial charge is 0.328 e. The van der Waals surface area contributed by atoms with Crippen molar-refractivity contribution in [3.05, 3.63) is 11.9 Å². The van der Waals surface area contributed by atoms with E-state index in [2.05, 4.69) is 10.3 Å². The van der Waals surface area contributed by atoms with Gasteiger partial charge >= 0.3 is 5.97 Å². The molecule has 0 atom stereocenters. The molecular weight excluding hydrogens is 210 g/mol. The molecule has 1 aromatic rings. The Balaban J connectivity index is 2.50. The zero-order valence-corrected chi connectivity index (χ0v) is 9.80. The number of aliphatic hydroxyl groups excluding tert-OH is 1. The summed E-state index contributed by atoms with van der Waals surface area (Å²) >= 11 is 0. The lowest BCUT2D eigenvalue weighted by Crippen LogP contribution is -2.26. The van der Waals surface area contributed by atoms with Crippen LogP contribution in [-0.4, -0.2) is 38.3 Å². The van der Waals surface area contributed by atoms with Crippen LogP contribution < -0.4 is 0 Å². The highest BCUT2D eigenvalue weighted by molar-refractivity contribution is 5.69. The molecule has 0 unspecified atom stereocenters. The number of aliphatic hydroxyl groups is 1. The Morgan fingerprint density at radius 2 is 2.25 bits per heavy atom. The van der Waals surface area contributed by atoms with E-state index in [-0.39, 0.29) is 19.1 Å². The van der Waals surface area contributed by atoms with Gasteiger partial charge in [0.1, 0.15) is 12.1 Å². The molecule has 6 nitrogen and oxygen atoms in total. The molecule has 16 heavy (non-hydrogen) atoms. The topological polar surface area (TPSA) is 77.2 Å². The molecule has 0 aliphatic carbocycles. The first-order chi connectivity index (χ1) is 7.40. The van der Waals surface area contributed by atoms with Gasteiger partial charge < -0.3 is 9.84 Å². The van der Waals surface area contributed by atoms with Crippen molar-refractivity contribution in [3.63, 3.8) is 0 Å². The molecule has 0 aliphatic heterocycles. The van der Waals surface area contributed by atoms with Crippen molar-refractivity contribution in [2.45, 2.75) is 39.3 Å². The minimum atomic E-state index is -0.494. The van der Waals surface area contributed by atoms with E-state index in [4.69, 9.17) is 9.84 Å². The van der Waals surface area contributed by atoms with Gasteiger partial charge in [0.2, 0.25) is 0 Å². The zero-order chi connectivity index (χ0) is 12.2. The summed E-state index contributed by atoms with van der Waals surface area (Å²) in [6.45, 7) is 5.48. The van der Waals surface area contributed by atoms with Gasteiger partial charge in [-0.15, -0.1) is 5.10 Å². The number of aromatic nitrogens is 3. The number of carbonyl (C=O) groups excluding carboxylic acids is 1. The van der Waals surface area contributed by atoms with Gasteiger partial charge in [-0.25, -0.2) is 4.68 Å². The van der Waals surface area contributed by atoms with Crippen LogP contribution in [0.4, 0.5) is 0 Å². The fourth-order valence-corrected chi connectivity index (χ4v) is 1.15. The Labute approximate surface area is 94.2 Å². The summed E-state index contributed by atoms with van der Waals surface area (Å²) in [5, 5.41) is 16.3. The van der Waals surface area contributed by atoms with Gasteiger partial charge in [0, 0.05) is 19.2 Å². The Bertz CT molecular complexity index is 354. The molecule has 0 radical (unpaired) electrons. The molecule has 1 aromatic heterocycles. The predicted octanol–water partition coefficient (Wildman–Crippen LogP) is 0.155. The Morgan fingerprint density at radius 3 is 2.81 bits per heavy atom. The van der Waals surface area contributed by atoms with Gasteiger partial charge in [0.25, 0.3) is 0 Å². The molecule has 0 bridgehead atoms. The Morgan fingerprint density at radius 1 is 1.56 bits per heavy atom. The van der Waals surface area contributed by atoms with E-state index in [0.29, 0.717) is 12.1 Å². The van der Waals surface area contributed by atoms with E-state index in [1.807, 2.05) is 20.8 Å². The third kappa shape index (κ3) is 4.39. The highest BCUT2D eigenvalue weighted by atomic mass is 16.6. The van der Waals surface area contributed by atoms with E-state index >= 15 is 0 Å². The van der Waals surface area contributed by atoms with Gasteiger partial charge in [-0.3, -0.25) is 4.79 Å². The predicted molar refractivity (Wildman–Crippen MR) is 56.7 cm³/mol. The summed E-state index contributed by atoms with van der Waals surface area (Å²) in [7, 11) is 0. The summed E-state index contributed by atoms with van der Waals surface area (Å²) < 4.78 is 6.54. The second-order valence-corrected chi connectivity index (χ2v) is 4.47. The van der Waals surface area contributed by atoms with E-state index in [1.165, 1.54) is 4.68 Å². The fourth-order valence-electron chi connectivity index (χ4n) is 1.15. The van der Waals surface area contributed by atoms with E-state index in [0.717, 1.165) is 0 Å². The summed E-state index contributed by atoms with van der Waals surface area (Å²) in [5.74, 6) is -0.354. The van der Waals surface area contributed by atoms with E-state index in [9.17, 15) is 4.79 Å². The number of hydrogen-bond acceptors (Lipinski definition) is 5. The van der Waals surface area contributed by atoms with Gasteiger partial charge in [-0.05, 0) is 20.8 Å². The van der Waals surface area contributed by atoms with Crippen LogP contribution in [0.5, 0.6) is 0 Å². The van der Waals surface area contributed by atoms with Crippen LogP contribution in [0, 0.1) is 0 Å². The molecule has 0 amide bonds. The summed E-state index contributed by atoms with van der Waals surface area (Å²) in [6.07, 6.45) is 2.06. The summed E-state index contributed by atoms with van der Waals surface area (Å²) in [4.78, 5) is 11.4. The van der Waals surface area contributed by atoms with Crippen molar-refractivity contribution < 1.29 is 14.6 Å². The molecule has 0 aromatic carbocycles. The van der Waals surface area contributed by atoms with Crippen molar-refractivity contribution in [3.8, 4) is 0 Å². The molecule has 1 heterocycles. The Kier molecular flexibility index (Phi) is 4.00. The van der Waals surface area contributed by atoms with Crippen LogP contribution in [0.25, 0.3) is 0 Å². The highest BCUT2D eigenvalue weighted by Crippen LogP contribution is 2.07. The lowest BCUT2D eigenvalue weighted by atomic mass is 10.2. The van der Waals surface area contributed by atoms with Crippen LogP contribution in [-0.2, 0) is 22.5 Å². The maximum atomic E-state index is 11.4. The normalized spacial score (nSPS) is 11.5. The molecule has 0 saturated carbocycles. The number of esters is 1. The number of nitrogens with zero attached hydrogens (tertiary/aromatic N) is 3. The van der Waals surface area contributed by atoms with Crippen molar-refractivity contribution in [2.75, 3.05) is 6.61 Å². The first-order valence-electron chi connectivity index (χ1n) is 5.12. The maximum Gasteiger partial charge on any atom is 0.328 e. The van der Waals surface area contributed by atoms with Crippen LogP contribution in [0.1, 0.15) is 26.5 Å². The van der Waals surface area contributed by atoms with Gasteiger partial charge in [-0.1, -0.05) is 5.21 Å². The molecule has 0 saturated heterocycles. The lowest BCUT2D eigenvalue weighted by Gasteiger charge is -2.19. The molecule has 0 spiro atoms. The molecule has 1 rings (SSSR count). The molecule has 0 aliphatic rings. The van der Waals surface area contributed by atoms with Crippen LogP contribution in [0.2, 0.25) is 0 Å².